The molecule has 0 heterocycles. The number of esters is 1. The van der Waals surface area contributed by atoms with Gasteiger partial charge in [-0.25, -0.2) is 0 Å². The summed E-state index contributed by atoms with van der Waals surface area (Å²) in [6.45, 7) is 1.77. The molecule has 2 N–H and O–H groups in total. The fraction of sp³-hybridized carbons (Fsp3) is 0.857. The second-order valence-corrected chi connectivity index (χ2v) is 6.85. The molecule has 148 valence electrons. The topological polar surface area (TPSA) is 66.8 Å². The molecule has 4 heteroatoms. The molecule has 1 atom stereocenters. The van der Waals surface area contributed by atoms with Gasteiger partial charge in [-0.3, -0.25) is 4.79 Å². The number of rotatable bonds is 18. The second-order valence-electron chi connectivity index (χ2n) is 6.85. The Morgan fingerprint density at radius 3 is 1.96 bits per heavy atom. The third-order valence-corrected chi connectivity index (χ3v) is 4.29. The molecule has 0 aromatic heterocycles. The van der Waals surface area contributed by atoms with Gasteiger partial charge in [-0.15, -0.1) is 0 Å². The van der Waals surface area contributed by atoms with Crippen molar-refractivity contribution in [2.24, 2.45) is 0 Å². The molecule has 4 nitrogen and oxygen atoms in total. The monoisotopic (exact) mass is 356 g/mol. The van der Waals surface area contributed by atoms with Crippen molar-refractivity contribution in [3.05, 3.63) is 12.2 Å². The zero-order chi connectivity index (χ0) is 18.6. The van der Waals surface area contributed by atoms with Crippen LogP contribution in [0, 0.1) is 0 Å². The predicted octanol–water partition coefficient (Wildman–Crippen LogP) is 4.92. The van der Waals surface area contributed by atoms with Gasteiger partial charge in [0.25, 0.3) is 0 Å². The van der Waals surface area contributed by atoms with Crippen LogP contribution in [0.15, 0.2) is 12.2 Å². The molecule has 25 heavy (non-hydrogen) atoms. The van der Waals surface area contributed by atoms with Crippen molar-refractivity contribution in [3.8, 4) is 0 Å². The maximum atomic E-state index is 11.4. The second kappa shape index (κ2) is 19.5. The number of allylic oxidation sites excluding steroid dienone is 2. The lowest BCUT2D eigenvalue weighted by atomic mass is 10.1. The minimum Gasteiger partial charge on any atom is -0.463 e. The zero-order valence-electron chi connectivity index (χ0n) is 16.3. The Morgan fingerprint density at radius 2 is 1.40 bits per heavy atom. The van der Waals surface area contributed by atoms with E-state index in [2.05, 4.69) is 19.1 Å². The van der Waals surface area contributed by atoms with Crippen LogP contribution in [-0.2, 0) is 9.53 Å². The highest BCUT2D eigenvalue weighted by Gasteiger charge is 2.07. The minimum atomic E-state index is -0.960. The molecule has 0 saturated heterocycles. The number of aliphatic hydroxyl groups is 2. The van der Waals surface area contributed by atoms with Gasteiger partial charge >= 0.3 is 5.97 Å². The highest BCUT2D eigenvalue weighted by Crippen LogP contribution is 2.10. The summed E-state index contributed by atoms with van der Waals surface area (Å²) in [6, 6.07) is 0. The van der Waals surface area contributed by atoms with Gasteiger partial charge in [0.05, 0.1) is 6.61 Å². The molecule has 0 fully saturated rings. The summed E-state index contributed by atoms with van der Waals surface area (Å²) in [4.78, 5) is 11.4. The molecule has 0 aliphatic carbocycles. The lowest BCUT2D eigenvalue weighted by molar-refractivity contribution is -0.147. The van der Waals surface area contributed by atoms with Crippen molar-refractivity contribution in [2.45, 2.75) is 103 Å². The van der Waals surface area contributed by atoms with Crippen LogP contribution in [0.5, 0.6) is 0 Å². The highest BCUT2D eigenvalue weighted by atomic mass is 16.5. The Labute approximate surface area is 154 Å². The summed E-state index contributed by atoms with van der Waals surface area (Å²) < 4.78 is 4.86. The van der Waals surface area contributed by atoms with Gasteiger partial charge in [0.15, 0.2) is 0 Å². The van der Waals surface area contributed by atoms with E-state index in [1.807, 2.05) is 0 Å². The summed E-state index contributed by atoms with van der Waals surface area (Å²) >= 11 is 0. The maximum Gasteiger partial charge on any atom is 0.305 e. The first-order chi connectivity index (χ1) is 12.2. The van der Waals surface area contributed by atoms with E-state index in [9.17, 15) is 4.79 Å². The molecular formula is C21H40O4. The van der Waals surface area contributed by atoms with Gasteiger partial charge < -0.3 is 14.9 Å². The predicted molar refractivity (Wildman–Crippen MR) is 104 cm³/mol. The number of carbonyl (C=O) groups excluding carboxylic acids is 1. The average molecular weight is 357 g/mol. The first-order valence-corrected chi connectivity index (χ1v) is 10.3. The molecular weight excluding hydrogens is 316 g/mol. The van der Waals surface area contributed by atoms with Gasteiger partial charge in [-0.1, -0.05) is 70.4 Å². The van der Waals surface area contributed by atoms with Gasteiger partial charge in [-0.2, -0.15) is 0 Å². The maximum absolute atomic E-state index is 11.4. The van der Waals surface area contributed by atoms with Crippen LogP contribution >= 0.6 is 0 Å². The molecule has 0 aromatic carbocycles. The van der Waals surface area contributed by atoms with Crippen LogP contribution in [0.2, 0.25) is 0 Å². The Balaban J connectivity index is 3.22. The number of ether oxygens (including phenoxy) is 1. The van der Waals surface area contributed by atoms with E-state index in [1.54, 1.807) is 0 Å². The molecule has 0 unspecified atom stereocenters. The Hall–Kier alpha value is -0.870. The van der Waals surface area contributed by atoms with Gasteiger partial charge in [0.2, 0.25) is 0 Å². The van der Waals surface area contributed by atoms with Crippen molar-refractivity contribution in [2.75, 3.05) is 13.2 Å². The SMILES string of the molecule is CCCCCCCC/C=C/CCCCCCCC(=O)OC[C@@H](O)CO. The Morgan fingerprint density at radius 1 is 0.880 bits per heavy atom. The highest BCUT2D eigenvalue weighted by molar-refractivity contribution is 5.69. The van der Waals surface area contributed by atoms with Crippen molar-refractivity contribution < 1.29 is 19.7 Å². The summed E-state index contributed by atoms with van der Waals surface area (Å²) in [5.41, 5.74) is 0. The van der Waals surface area contributed by atoms with Crippen molar-refractivity contribution in [3.63, 3.8) is 0 Å². The summed E-state index contributed by atoms with van der Waals surface area (Å²) in [6.07, 6.45) is 20.1. The fourth-order valence-corrected chi connectivity index (χ4v) is 2.65. The lowest BCUT2D eigenvalue weighted by Crippen LogP contribution is -2.21. The standard InChI is InChI=1S/C21H40O4/c1-2-3-4-5-6-7-8-9-10-11-12-13-14-15-16-17-21(24)25-19-20(23)18-22/h9-10,20,22-23H,2-8,11-19H2,1H3/b10-9+/t20-/m0/s1. The number of hydrogen-bond acceptors (Lipinski definition) is 4. The van der Waals surface area contributed by atoms with E-state index in [1.165, 1.54) is 57.8 Å². The number of unbranched alkanes of at least 4 members (excludes halogenated alkanes) is 11. The van der Waals surface area contributed by atoms with Gasteiger partial charge in [-0.05, 0) is 32.1 Å². The van der Waals surface area contributed by atoms with E-state index >= 15 is 0 Å². The van der Waals surface area contributed by atoms with Gasteiger partial charge in [0, 0.05) is 6.42 Å². The molecule has 0 bridgehead atoms. The van der Waals surface area contributed by atoms with Crippen LogP contribution in [0.25, 0.3) is 0 Å². The van der Waals surface area contributed by atoms with Crippen LogP contribution < -0.4 is 0 Å². The number of hydrogen-bond donors (Lipinski definition) is 2. The van der Waals surface area contributed by atoms with E-state index < -0.39 is 6.10 Å². The molecule has 0 aromatic rings. The normalized spacial score (nSPS) is 12.6. The lowest BCUT2D eigenvalue weighted by Gasteiger charge is -2.08. The molecule has 0 rings (SSSR count). The van der Waals surface area contributed by atoms with Crippen LogP contribution in [0.4, 0.5) is 0 Å². The van der Waals surface area contributed by atoms with Crippen molar-refractivity contribution in [1.29, 1.82) is 0 Å². The Bertz CT molecular complexity index is 315. The molecule has 0 spiro atoms. The average Bonchev–Trinajstić information content (AvgIpc) is 2.62. The van der Waals surface area contributed by atoms with Crippen molar-refractivity contribution in [1.82, 2.24) is 0 Å². The molecule has 0 aliphatic heterocycles. The minimum absolute atomic E-state index is 0.111. The number of aliphatic hydroxyl groups excluding tert-OH is 2. The quantitative estimate of drug-likeness (QED) is 0.208. The Kier molecular flexibility index (Phi) is 18.8. The van der Waals surface area contributed by atoms with Crippen LogP contribution in [0.1, 0.15) is 96.8 Å². The van der Waals surface area contributed by atoms with Crippen LogP contribution in [0.3, 0.4) is 0 Å². The van der Waals surface area contributed by atoms with E-state index in [4.69, 9.17) is 14.9 Å². The largest absolute Gasteiger partial charge is 0.463 e. The smallest absolute Gasteiger partial charge is 0.305 e. The fourth-order valence-electron chi connectivity index (χ4n) is 2.65. The van der Waals surface area contributed by atoms with E-state index in [0.717, 1.165) is 25.7 Å². The van der Waals surface area contributed by atoms with Crippen LogP contribution in [-0.4, -0.2) is 35.5 Å². The van der Waals surface area contributed by atoms with Gasteiger partial charge in [0.1, 0.15) is 12.7 Å². The molecule has 0 aliphatic rings. The third kappa shape index (κ3) is 19.3. The van der Waals surface area contributed by atoms with Crippen molar-refractivity contribution >= 4 is 5.97 Å². The zero-order valence-corrected chi connectivity index (χ0v) is 16.3. The summed E-state index contributed by atoms with van der Waals surface area (Å²) in [5, 5.41) is 17.7. The van der Waals surface area contributed by atoms with E-state index in [-0.39, 0.29) is 19.2 Å². The molecule has 0 saturated carbocycles. The molecule has 0 amide bonds. The first-order valence-electron chi connectivity index (χ1n) is 10.3. The summed E-state index contributed by atoms with van der Waals surface area (Å²) in [7, 11) is 0. The number of carbonyl (C=O) groups is 1. The first kappa shape index (κ1) is 24.1. The third-order valence-electron chi connectivity index (χ3n) is 4.29. The summed E-state index contributed by atoms with van der Waals surface area (Å²) in [5.74, 6) is -0.287. The van der Waals surface area contributed by atoms with E-state index in [0.29, 0.717) is 6.42 Å². The molecule has 0 radical (unpaired) electrons.